The lowest BCUT2D eigenvalue weighted by molar-refractivity contribution is 0.102. The van der Waals surface area contributed by atoms with E-state index >= 15 is 0 Å². The Bertz CT molecular complexity index is 803. The minimum atomic E-state index is -0.119. The number of pyridine rings is 1. The predicted octanol–water partition coefficient (Wildman–Crippen LogP) is 3.85. The molecule has 2 aromatic heterocycles. The van der Waals surface area contributed by atoms with Gasteiger partial charge in [-0.15, -0.1) is 0 Å². The van der Waals surface area contributed by atoms with Crippen LogP contribution in [-0.2, 0) is 6.42 Å². The normalized spacial score (nSPS) is 10.8. The summed E-state index contributed by atoms with van der Waals surface area (Å²) >= 11 is 0. The first-order valence-electron chi connectivity index (χ1n) is 7.53. The Balaban J connectivity index is 1.98. The van der Waals surface area contributed by atoms with E-state index in [1.807, 2.05) is 60.0 Å². The van der Waals surface area contributed by atoms with Crippen LogP contribution in [-0.4, -0.2) is 15.3 Å². The van der Waals surface area contributed by atoms with Crippen molar-refractivity contribution in [2.45, 2.75) is 26.7 Å². The van der Waals surface area contributed by atoms with Gasteiger partial charge < -0.3 is 5.32 Å². The molecule has 2 heterocycles. The summed E-state index contributed by atoms with van der Waals surface area (Å²) in [7, 11) is 0. The van der Waals surface area contributed by atoms with E-state index in [1.165, 1.54) is 5.56 Å². The molecule has 3 aromatic rings. The molecule has 0 aliphatic rings. The Morgan fingerprint density at radius 1 is 1.18 bits per heavy atom. The maximum atomic E-state index is 12.7. The van der Waals surface area contributed by atoms with Crippen molar-refractivity contribution in [3.63, 3.8) is 0 Å². The molecule has 0 spiro atoms. The van der Waals surface area contributed by atoms with Crippen molar-refractivity contribution in [1.82, 2.24) is 9.38 Å². The molecule has 4 nitrogen and oxygen atoms in total. The maximum absolute atomic E-state index is 12.7. The van der Waals surface area contributed by atoms with Crippen LogP contribution < -0.4 is 5.32 Å². The lowest BCUT2D eigenvalue weighted by Gasteiger charge is -2.07. The summed E-state index contributed by atoms with van der Waals surface area (Å²) in [4.78, 5) is 17.3. The number of carbonyl (C=O) groups is 1. The van der Waals surface area contributed by atoms with Crippen molar-refractivity contribution in [3.05, 3.63) is 65.6 Å². The first-order chi connectivity index (χ1) is 10.7. The molecule has 4 heteroatoms. The van der Waals surface area contributed by atoms with E-state index in [1.54, 1.807) is 0 Å². The number of anilines is 1. The van der Waals surface area contributed by atoms with Gasteiger partial charge in [-0.25, -0.2) is 4.98 Å². The zero-order valence-electron chi connectivity index (χ0n) is 12.8. The summed E-state index contributed by atoms with van der Waals surface area (Å²) in [6.45, 7) is 4.11. The van der Waals surface area contributed by atoms with E-state index in [0.717, 1.165) is 29.9 Å². The molecule has 1 aromatic carbocycles. The number of amides is 1. The predicted molar refractivity (Wildman–Crippen MR) is 88.3 cm³/mol. The van der Waals surface area contributed by atoms with Crippen LogP contribution >= 0.6 is 0 Å². The molecule has 3 rings (SSSR count). The van der Waals surface area contributed by atoms with Crippen molar-refractivity contribution in [2.24, 2.45) is 0 Å². The van der Waals surface area contributed by atoms with Gasteiger partial charge in [-0.1, -0.05) is 37.1 Å². The van der Waals surface area contributed by atoms with E-state index in [2.05, 4.69) is 17.2 Å². The van der Waals surface area contributed by atoms with Crippen LogP contribution in [0.4, 0.5) is 5.69 Å². The van der Waals surface area contributed by atoms with E-state index in [9.17, 15) is 4.79 Å². The monoisotopic (exact) mass is 293 g/mol. The number of aryl methyl sites for hydroxylation is 2. The van der Waals surface area contributed by atoms with Crippen LogP contribution in [0.15, 0.2) is 48.7 Å². The number of nitrogens with zero attached hydrogens (tertiary/aromatic N) is 2. The van der Waals surface area contributed by atoms with Crippen LogP contribution in [0.25, 0.3) is 5.65 Å². The van der Waals surface area contributed by atoms with Crippen LogP contribution in [0.2, 0.25) is 0 Å². The molecule has 0 bridgehead atoms. The van der Waals surface area contributed by atoms with Gasteiger partial charge in [-0.05, 0) is 37.6 Å². The summed E-state index contributed by atoms with van der Waals surface area (Å²) in [5, 5.41) is 2.96. The molecule has 0 unspecified atom stereocenters. The second kappa shape index (κ2) is 6.02. The number of fused-ring (bicyclic) bond motifs is 1. The quantitative estimate of drug-likeness (QED) is 0.794. The van der Waals surface area contributed by atoms with Crippen molar-refractivity contribution >= 4 is 17.2 Å². The second-order valence-corrected chi connectivity index (χ2v) is 5.41. The Morgan fingerprint density at radius 3 is 2.68 bits per heavy atom. The second-order valence-electron chi connectivity index (χ2n) is 5.41. The molecule has 0 radical (unpaired) electrons. The Labute approximate surface area is 129 Å². The highest BCUT2D eigenvalue weighted by Crippen LogP contribution is 2.17. The zero-order valence-corrected chi connectivity index (χ0v) is 12.8. The van der Waals surface area contributed by atoms with Crippen molar-refractivity contribution in [1.29, 1.82) is 0 Å². The van der Waals surface area contributed by atoms with E-state index in [-0.39, 0.29) is 5.91 Å². The first-order valence-corrected chi connectivity index (χ1v) is 7.53. The minimum absolute atomic E-state index is 0.119. The number of benzene rings is 1. The van der Waals surface area contributed by atoms with Crippen LogP contribution in [0.3, 0.4) is 0 Å². The number of hydrogen-bond acceptors (Lipinski definition) is 2. The fourth-order valence-corrected chi connectivity index (χ4v) is 2.52. The third-order valence-corrected chi connectivity index (χ3v) is 3.61. The number of aromatic nitrogens is 2. The van der Waals surface area contributed by atoms with Crippen molar-refractivity contribution in [2.75, 3.05) is 5.32 Å². The van der Waals surface area contributed by atoms with Gasteiger partial charge in [-0.2, -0.15) is 0 Å². The highest BCUT2D eigenvalue weighted by Gasteiger charge is 2.18. The van der Waals surface area contributed by atoms with Crippen molar-refractivity contribution < 1.29 is 4.79 Å². The molecule has 0 aliphatic heterocycles. The Kier molecular flexibility index (Phi) is 3.92. The van der Waals surface area contributed by atoms with Gasteiger partial charge >= 0.3 is 0 Å². The largest absolute Gasteiger partial charge is 0.321 e. The van der Waals surface area contributed by atoms with E-state index < -0.39 is 0 Å². The average molecular weight is 293 g/mol. The maximum Gasteiger partial charge on any atom is 0.274 e. The van der Waals surface area contributed by atoms with Gasteiger partial charge in [0, 0.05) is 11.9 Å². The summed E-state index contributed by atoms with van der Waals surface area (Å²) in [5.41, 5.74) is 4.24. The average Bonchev–Trinajstić information content (AvgIpc) is 2.88. The number of imidazole rings is 1. The van der Waals surface area contributed by atoms with Gasteiger partial charge in [0.05, 0.1) is 5.69 Å². The molecule has 0 saturated heterocycles. The van der Waals surface area contributed by atoms with Crippen molar-refractivity contribution in [3.8, 4) is 0 Å². The molecule has 0 aliphatic carbocycles. The van der Waals surface area contributed by atoms with Gasteiger partial charge in [0.15, 0.2) is 0 Å². The molecule has 0 atom stereocenters. The fourth-order valence-electron chi connectivity index (χ4n) is 2.52. The molecular weight excluding hydrogens is 274 g/mol. The standard InChI is InChI=1S/C18H19N3O/c1-3-6-15-17(21-12-5-4-7-16(21)20-15)18(22)19-14-10-8-13(2)9-11-14/h4-5,7-12H,3,6H2,1-2H3,(H,19,22). The summed E-state index contributed by atoms with van der Waals surface area (Å²) in [5.74, 6) is -0.119. The fraction of sp³-hybridized carbons (Fsp3) is 0.222. The number of hydrogen-bond donors (Lipinski definition) is 1. The van der Waals surface area contributed by atoms with E-state index in [4.69, 9.17) is 0 Å². The minimum Gasteiger partial charge on any atom is -0.321 e. The summed E-state index contributed by atoms with van der Waals surface area (Å²) < 4.78 is 1.86. The highest BCUT2D eigenvalue weighted by molar-refractivity contribution is 6.04. The molecule has 112 valence electrons. The zero-order chi connectivity index (χ0) is 15.5. The number of rotatable bonds is 4. The van der Waals surface area contributed by atoms with Crippen LogP contribution in [0.5, 0.6) is 0 Å². The third kappa shape index (κ3) is 2.72. The lowest BCUT2D eigenvalue weighted by atomic mass is 10.2. The van der Waals surface area contributed by atoms with Gasteiger partial charge in [-0.3, -0.25) is 9.20 Å². The summed E-state index contributed by atoms with van der Waals surface area (Å²) in [6, 6.07) is 13.6. The van der Waals surface area contributed by atoms with Crippen LogP contribution in [0.1, 0.15) is 35.1 Å². The van der Waals surface area contributed by atoms with Gasteiger partial charge in [0.2, 0.25) is 0 Å². The molecule has 22 heavy (non-hydrogen) atoms. The Morgan fingerprint density at radius 2 is 1.95 bits per heavy atom. The molecule has 0 fully saturated rings. The molecule has 1 N–H and O–H groups in total. The van der Waals surface area contributed by atoms with Gasteiger partial charge in [0.1, 0.15) is 11.3 Å². The molecule has 0 saturated carbocycles. The third-order valence-electron chi connectivity index (χ3n) is 3.61. The molecule has 1 amide bonds. The molecular formula is C18H19N3O. The topological polar surface area (TPSA) is 46.4 Å². The SMILES string of the molecule is CCCc1nc2ccccn2c1C(=O)Nc1ccc(C)cc1. The Hall–Kier alpha value is -2.62. The number of carbonyl (C=O) groups excluding carboxylic acids is 1. The smallest absolute Gasteiger partial charge is 0.274 e. The summed E-state index contributed by atoms with van der Waals surface area (Å²) in [6.07, 6.45) is 3.62. The van der Waals surface area contributed by atoms with E-state index in [0.29, 0.717) is 5.69 Å². The van der Waals surface area contributed by atoms with Crippen LogP contribution in [0, 0.1) is 6.92 Å². The lowest BCUT2D eigenvalue weighted by Crippen LogP contribution is -2.16. The highest BCUT2D eigenvalue weighted by atomic mass is 16.2. The van der Waals surface area contributed by atoms with Gasteiger partial charge in [0.25, 0.3) is 5.91 Å². The first kappa shape index (κ1) is 14.3. The number of nitrogens with one attached hydrogen (secondary N) is 1.